The molecule has 17 heavy (non-hydrogen) atoms. The Morgan fingerprint density at radius 3 is 2.59 bits per heavy atom. The maximum Gasteiger partial charge on any atom is 0.107 e. The zero-order valence-corrected chi connectivity index (χ0v) is 11.2. The summed E-state index contributed by atoms with van der Waals surface area (Å²) in [5.74, 6) is 0. The van der Waals surface area contributed by atoms with Crippen LogP contribution in [0.4, 0.5) is 0 Å². The molecule has 0 aliphatic carbocycles. The van der Waals surface area contributed by atoms with Crippen LogP contribution in [0.3, 0.4) is 0 Å². The van der Waals surface area contributed by atoms with E-state index in [-0.39, 0.29) is 0 Å². The van der Waals surface area contributed by atoms with Crippen molar-refractivity contribution in [1.82, 2.24) is 15.3 Å². The predicted octanol–water partition coefficient (Wildman–Crippen LogP) is 3.01. The van der Waals surface area contributed by atoms with Gasteiger partial charge in [-0.1, -0.05) is 0 Å². The van der Waals surface area contributed by atoms with Crippen molar-refractivity contribution in [2.75, 3.05) is 0 Å². The number of thiazole rings is 1. The second-order valence-electron chi connectivity index (χ2n) is 4.13. The third kappa shape index (κ3) is 3.11. The van der Waals surface area contributed by atoms with Crippen molar-refractivity contribution in [3.63, 3.8) is 0 Å². The summed E-state index contributed by atoms with van der Waals surface area (Å²) in [4.78, 5) is 9.85. The fourth-order valence-corrected chi connectivity index (χ4v) is 2.51. The van der Waals surface area contributed by atoms with E-state index in [0.717, 1.165) is 17.2 Å². The van der Waals surface area contributed by atoms with Gasteiger partial charge in [-0.3, -0.25) is 4.98 Å². The second kappa shape index (κ2) is 5.38. The van der Waals surface area contributed by atoms with Gasteiger partial charge in [-0.15, -0.1) is 11.3 Å². The minimum absolute atomic E-state index is 0.322. The van der Waals surface area contributed by atoms with Gasteiger partial charge in [-0.25, -0.2) is 4.98 Å². The van der Waals surface area contributed by atoms with E-state index in [0.29, 0.717) is 6.04 Å². The molecule has 0 radical (unpaired) electrons. The Hall–Kier alpha value is -1.26. The number of rotatable bonds is 4. The summed E-state index contributed by atoms with van der Waals surface area (Å²) in [5.41, 5.74) is 2.40. The van der Waals surface area contributed by atoms with Crippen molar-refractivity contribution in [2.24, 2.45) is 0 Å². The second-order valence-corrected chi connectivity index (χ2v) is 5.42. The molecular formula is C13H17N3S. The van der Waals surface area contributed by atoms with Gasteiger partial charge in [0.15, 0.2) is 0 Å². The molecule has 0 saturated heterocycles. The van der Waals surface area contributed by atoms with Crippen LogP contribution in [0.25, 0.3) is 0 Å². The van der Waals surface area contributed by atoms with Crippen LogP contribution < -0.4 is 5.32 Å². The van der Waals surface area contributed by atoms with Gasteiger partial charge < -0.3 is 5.32 Å². The van der Waals surface area contributed by atoms with Crippen molar-refractivity contribution in [1.29, 1.82) is 0 Å². The van der Waals surface area contributed by atoms with Gasteiger partial charge in [0, 0.05) is 29.9 Å². The molecule has 0 amide bonds. The fourth-order valence-electron chi connectivity index (χ4n) is 1.63. The SMILES string of the molecule is Cc1nc(CNC(C)c2ccncc2)sc1C. The van der Waals surface area contributed by atoms with Crippen LogP contribution in [0.5, 0.6) is 0 Å². The Bertz CT molecular complexity index is 459. The highest BCUT2D eigenvalue weighted by molar-refractivity contribution is 7.11. The molecule has 0 aliphatic heterocycles. The van der Waals surface area contributed by atoms with Crippen LogP contribution in [0, 0.1) is 13.8 Å². The highest BCUT2D eigenvalue weighted by Crippen LogP contribution is 2.17. The maximum absolute atomic E-state index is 4.52. The summed E-state index contributed by atoms with van der Waals surface area (Å²) in [6.07, 6.45) is 3.65. The first-order valence-corrected chi connectivity index (χ1v) is 6.54. The van der Waals surface area contributed by atoms with Crippen molar-refractivity contribution < 1.29 is 0 Å². The Kier molecular flexibility index (Phi) is 3.86. The molecule has 2 aromatic heterocycles. The van der Waals surface area contributed by atoms with E-state index in [1.807, 2.05) is 24.5 Å². The lowest BCUT2D eigenvalue weighted by molar-refractivity contribution is 0.572. The summed E-state index contributed by atoms with van der Waals surface area (Å²) < 4.78 is 0. The van der Waals surface area contributed by atoms with Crippen LogP contribution in [-0.4, -0.2) is 9.97 Å². The molecule has 0 aliphatic rings. The van der Waals surface area contributed by atoms with Crippen LogP contribution in [0.15, 0.2) is 24.5 Å². The molecule has 1 unspecified atom stereocenters. The third-order valence-electron chi connectivity index (χ3n) is 2.84. The monoisotopic (exact) mass is 247 g/mol. The quantitative estimate of drug-likeness (QED) is 0.902. The topological polar surface area (TPSA) is 37.8 Å². The smallest absolute Gasteiger partial charge is 0.107 e. The van der Waals surface area contributed by atoms with Gasteiger partial charge in [0.05, 0.1) is 5.69 Å². The van der Waals surface area contributed by atoms with Crippen LogP contribution in [-0.2, 0) is 6.54 Å². The standard InChI is InChI=1S/C13H17N3S/c1-9-11(3)17-13(16-9)8-15-10(2)12-4-6-14-7-5-12/h4-7,10,15H,8H2,1-3H3. The van der Waals surface area contributed by atoms with E-state index in [1.165, 1.54) is 10.4 Å². The highest BCUT2D eigenvalue weighted by atomic mass is 32.1. The van der Waals surface area contributed by atoms with Gasteiger partial charge in [0.2, 0.25) is 0 Å². The van der Waals surface area contributed by atoms with Crippen molar-refractivity contribution in [3.05, 3.63) is 45.7 Å². The number of nitrogens with zero attached hydrogens (tertiary/aromatic N) is 2. The molecule has 1 atom stereocenters. The lowest BCUT2D eigenvalue weighted by Gasteiger charge is -2.12. The number of nitrogens with one attached hydrogen (secondary N) is 1. The normalized spacial score (nSPS) is 12.6. The Balaban J connectivity index is 1.94. The molecular weight excluding hydrogens is 230 g/mol. The lowest BCUT2D eigenvalue weighted by atomic mass is 10.1. The zero-order valence-electron chi connectivity index (χ0n) is 10.4. The summed E-state index contributed by atoms with van der Waals surface area (Å²) in [5, 5.41) is 4.63. The first kappa shape index (κ1) is 12.2. The van der Waals surface area contributed by atoms with E-state index in [4.69, 9.17) is 0 Å². The van der Waals surface area contributed by atoms with Gasteiger partial charge >= 0.3 is 0 Å². The molecule has 1 N–H and O–H groups in total. The van der Waals surface area contributed by atoms with Crippen LogP contribution in [0.2, 0.25) is 0 Å². The molecule has 2 rings (SSSR count). The van der Waals surface area contributed by atoms with Crippen LogP contribution in [0.1, 0.15) is 34.1 Å². The minimum atomic E-state index is 0.322. The van der Waals surface area contributed by atoms with E-state index >= 15 is 0 Å². The molecule has 90 valence electrons. The summed E-state index contributed by atoms with van der Waals surface area (Å²) in [7, 11) is 0. The maximum atomic E-state index is 4.52. The lowest BCUT2D eigenvalue weighted by Crippen LogP contribution is -2.17. The molecule has 2 aromatic rings. The van der Waals surface area contributed by atoms with Crippen molar-refractivity contribution in [2.45, 2.75) is 33.4 Å². The molecule has 2 heterocycles. The molecule has 0 aromatic carbocycles. The van der Waals surface area contributed by atoms with Gasteiger partial charge in [0.25, 0.3) is 0 Å². The molecule has 0 fully saturated rings. The summed E-state index contributed by atoms with van der Waals surface area (Å²) in [6.45, 7) is 7.15. The highest BCUT2D eigenvalue weighted by Gasteiger charge is 2.07. The first-order chi connectivity index (χ1) is 8.16. The molecule has 0 bridgehead atoms. The average molecular weight is 247 g/mol. The number of hydrogen-bond acceptors (Lipinski definition) is 4. The minimum Gasteiger partial charge on any atom is -0.304 e. The van der Waals surface area contributed by atoms with E-state index in [2.05, 4.69) is 36.1 Å². The first-order valence-electron chi connectivity index (χ1n) is 5.73. The Labute approximate surface area is 106 Å². The summed E-state index contributed by atoms with van der Waals surface area (Å²) >= 11 is 1.77. The largest absolute Gasteiger partial charge is 0.304 e. The molecule has 4 heteroatoms. The molecule has 0 spiro atoms. The average Bonchev–Trinajstić information content (AvgIpc) is 2.67. The number of aryl methyl sites for hydroxylation is 2. The van der Waals surface area contributed by atoms with E-state index in [1.54, 1.807) is 11.3 Å². The van der Waals surface area contributed by atoms with Gasteiger partial charge in [-0.05, 0) is 38.5 Å². The Morgan fingerprint density at radius 1 is 1.29 bits per heavy atom. The van der Waals surface area contributed by atoms with Crippen molar-refractivity contribution in [3.8, 4) is 0 Å². The number of pyridine rings is 1. The molecule has 0 saturated carbocycles. The van der Waals surface area contributed by atoms with Gasteiger partial charge in [0.1, 0.15) is 5.01 Å². The zero-order chi connectivity index (χ0) is 12.3. The van der Waals surface area contributed by atoms with Crippen molar-refractivity contribution >= 4 is 11.3 Å². The predicted molar refractivity (Wildman–Crippen MR) is 71.1 cm³/mol. The Morgan fingerprint density at radius 2 is 2.00 bits per heavy atom. The summed E-state index contributed by atoms with van der Waals surface area (Å²) in [6, 6.07) is 4.40. The number of aromatic nitrogens is 2. The van der Waals surface area contributed by atoms with Crippen LogP contribution >= 0.6 is 11.3 Å². The molecule has 3 nitrogen and oxygen atoms in total. The van der Waals surface area contributed by atoms with E-state index in [9.17, 15) is 0 Å². The van der Waals surface area contributed by atoms with E-state index < -0.39 is 0 Å². The van der Waals surface area contributed by atoms with Gasteiger partial charge in [-0.2, -0.15) is 0 Å². The fraction of sp³-hybridized carbons (Fsp3) is 0.385. The number of hydrogen-bond donors (Lipinski definition) is 1. The third-order valence-corrected chi connectivity index (χ3v) is 3.91.